The van der Waals surface area contributed by atoms with Gasteiger partial charge in [-0.15, -0.1) is 0 Å². The van der Waals surface area contributed by atoms with Crippen LogP contribution in [0.5, 0.6) is 0 Å². The van der Waals surface area contributed by atoms with E-state index in [1.807, 2.05) is 12.1 Å². The van der Waals surface area contributed by atoms with Gasteiger partial charge in [-0.2, -0.15) is 0 Å². The minimum absolute atomic E-state index is 0.277. The summed E-state index contributed by atoms with van der Waals surface area (Å²) >= 11 is 3.14. The molecule has 0 N–H and O–H groups in total. The first-order valence-electron chi connectivity index (χ1n) is 3.48. The van der Waals surface area contributed by atoms with Crippen LogP contribution in [0.3, 0.4) is 0 Å². The van der Waals surface area contributed by atoms with Gasteiger partial charge in [-0.3, -0.25) is 4.98 Å². The summed E-state index contributed by atoms with van der Waals surface area (Å²) in [4.78, 5) is 4.05. The van der Waals surface area contributed by atoms with E-state index < -0.39 is 0 Å². The third-order valence-corrected chi connectivity index (χ3v) is 2.42. The van der Waals surface area contributed by atoms with Crippen molar-refractivity contribution in [3.8, 4) is 0 Å². The van der Waals surface area contributed by atoms with Gasteiger partial charge in [-0.1, -0.05) is 6.07 Å². The van der Waals surface area contributed by atoms with Gasteiger partial charge in [0.05, 0.1) is 9.99 Å². The number of nitrogens with zero attached hydrogens (tertiary/aromatic N) is 1. The smallest absolute Gasteiger partial charge is 0.139 e. The topological polar surface area (TPSA) is 12.9 Å². The molecule has 2 rings (SSSR count). The summed E-state index contributed by atoms with van der Waals surface area (Å²) in [6, 6.07) is 6.86. The summed E-state index contributed by atoms with van der Waals surface area (Å²) in [5.41, 5.74) is 0.664. The van der Waals surface area contributed by atoms with E-state index in [2.05, 4.69) is 20.9 Å². The van der Waals surface area contributed by atoms with Gasteiger partial charge < -0.3 is 0 Å². The maximum Gasteiger partial charge on any atom is 0.139 e. The van der Waals surface area contributed by atoms with Crippen molar-refractivity contribution >= 4 is 26.8 Å². The van der Waals surface area contributed by atoms with E-state index >= 15 is 0 Å². The van der Waals surface area contributed by atoms with Gasteiger partial charge in [0, 0.05) is 11.6 Å². The highest BCUT2D eigenvalue weighted by Crippen LogP contribution is 2.24. The third kappa shape index (κ3) is 1.10. The molecule has 0 bridgehead atoms. The van der Waals surface area contributed by atoms with E-state index in [0.29, 0.717) is 9.99 Å². The lowest BCUT2D eigenvalue weighted by atomic mass is 10.2. The monoisotopic (exact) mass is 225 g/mol. The summed E-state index contributed by atoms with van der Waals surface area (Å²) in [7, 11) is 0. The molecule has 1 nitrogen and oxygen atoms in total. The second-order valence-electron chi connectivity index (χ2n) is 2.44. The van der Waals surface area contributed by atoms with E-state index in [1.165, 1.54) is 6.07 Å². The quantitative estimate of drug-likeness (QED) is 0.672. The Morgan fingerprint density at radius 3 is 2.92 bits per heavy atom. The summed E-state index contributed by atoms with van der Waals surface area (Å²) < 4.78 is 13.4. The van der Waals surface area contributed by atoms with Crippen molar-refractivity contribution in [2.24, 2.45) is 0 Å². The number of aromatic nitrogens is 1. The van der Waals surface area contributed by atoms with Gasteiger partial charge in [-0.05, 0) is 34.1 Å². The number of hydrogen-bond donors (Lipinski definition) is 0. The fourth-order valence-electron chi connectivity index (χ4n) is 1.08. The van der Waals surface area contributed by atoms with Gasteiger partial charge in [0.15, 0.2) is 0 Å². The zero-order valence-electron chi connectivity index (χ0n) is 6.09. The lowest BCUT2D eigenvalue weighted by Crippen LogP contribution is -1.82. The summed E-state index contributed by atoms with van der Waals surface area (Å²) in [6.07, 6.45) is 1.65. The number of benzene rings is 1. The molecule has 0 aliphatic heterocycles. The van der Waals surface area contributed by atoms with Gasteiger partial charge in [0.1, 0.15) is 5.82 Å². The van der Waals surface area contributed by atoms with Crippen LogP contribution in [0.1, 0.15) is 0 Å². The van der Waals surface area contributed by atoms with E-state index in [9.17, 15) is 4.39 Å². The molecule has 1 aromatic carbocycles. The van der Waals surface area contributed by atoms with Crippen LogP contribution in [0.2, 0.25) is 0 Å². The second-order valence-corrected chi connectivity index (χ2v) is 3.23. The average molecular weight is 226 g/mol. The van der Waals surface area contributed by atoms with Crippen molar-refractivity contribution in [2.75, 3.05) is 0 Å². The van der Waals surface area contributed by atoms with Crippen LogP contribution in [0.25, 0.3) is 10.9 Å². The third-order valence-electron chi connectivity index (χ3n) is 1.67. The van der Waals surface area contributed by atoms with Crippen molar-refractivity contribution in [3.63, 3.8) is 0 Å². The predicted molar refractivity (Wildman–Crippen MR) is 49.4 cm³/mol. The lowest BCUT2D eigenvalue weighted by molar-refractivity contribution is 0.623. The van der Waals surface area contributed by atoms with Crippen LogP contribution >= 0.6 is 15.9 Å². The molecule has 0 amide bonds. The largest absolute Gasteiger partial charge is 0.255 e. The first-order chi connectivity index (χ1) is 5.79. The Bertz CT molecular complexity index is 428. The van der Waals surface area contributed by atoms with Crippen molar-refractivity contribution < 1.29 is 4.39 Å². The maximum atomic E-state index is 13.0. The van der Waals surface area contributed by atoms with Crippen molar-refractivity contribution in [2.45, 2.75) is 0 Å². The van der Waals surface area contributed by atoms with Crippen LogP contribution < -0.4 is 0 Å². The molecule has 0 spiro atoms. The predicted octanol–water partition coefficient (Wildman–Crippen LogP) is 3.14. The molecule has 2 aromatic rings. The first-order valence-corrected chi connectivity index (χ1v) is 4.27. The van der Waals surface area contributed by atoms with Crippen LogP contribution in [-0.2, 0) is 0 Å². The number of rotatable bonds is 0. The van der Waals surface area contributed by atoms with E-state index in [0.717, 1.165) is 5.39 Å². The number of pyridine rings is 1. The molecular formula is C9H5BrFN. The Morgan fingerprint density at radius 1 is 1.25 bits per heavy atom. The second kappa shape index (κ2) is 2.83. The summed E-state index contributed by atoms with van der Waals surface area (Å²) in [5.74, 6) is -0.277. The molecule has 3 heteroatoms. The van der Waals surface area contributed by atoms with E-state index in [-0.39, 0.29) is 5.82 Å². The van der Waals surface area contributed by atoms with Gasteiger partial charge >= 0.3 is 0 Å². The Labute approximate surface area is 77.4 Å². The molecule has 0 radical (unpaired) electrons. The number of hydrogen-bond acceptors (Lipinski definition) is 1. The highest BCUT2D eigenvalue weighted by atomic mass is 79.9. The minimum atomic E-state index is -0.277. The van der Waals surface area contributed by atoms with Gasteiger partial charge in [0.2, 0.25) is 0 Å². The maximum absolute atomic E-state index is 13.0. The number of halogens is 2. The standard InChI is InChI=1S/C9H5BrFN/c10-8-7(11)4-3-6-2-1-5-12-9(6)8/h1-5H. The van der Waals surface area contributed by atoms with Crippen LogP contribution in [-0.4, -0.2) is 4.98 Å². The van der Waals surface area contributed by atoms with Gasteiger partial charge in [0.25, 0.3) is 0 Å². The normalized spacial score (nSPS) is 10.5. The molecule has 0 saturated carbocycles. The minimum Gasteiger partial charge on any atom is -0.255 e. The fraction of sp³-hybridized carbons (Fsp3) is 0. The van der Waals surface area contributed by atoms with E-state index in [1.54, 1.807) is 12.3 Å². The molecule has 1 heterocycles. The molecule has 0 atom stereocenters. The Morgan fingerprint density at radius 2 is 2.08 bits per heavy atom. The molecule has 0 aliphatic carbocycles. The summed E-state index contributed by atoms with van der Waals surface area (Å²) in [5, 5.41) is 0.936. The highest BCUT2D eigenvalue weighted by Gasteiger charge is 2.03. The summed E-state index contributed by atoms with van der Waals surface area (Å²) in [6.45, 7) is 0. The van der Waals surface area contributed by atoms with Crippen molar-refractivity contribution in [1.82, 2.24) is 4.98 Å². The molecule has 1 aromatic heterocycles. The lowest BCUT2D eigenvalue weighted by Gasteiger charge is -1.98. The van der Waals surface area contributed by atoms with Crippen LogP contribution in [0.4, 0.5) is 4.39 Å². The Kier molecular flexibility index (Phi) is 1.81. The molecular weight excluding hydrogens is 221 g/mol. The van der Waals surface area contributed by atoms with E-state index in [4.69, 9.17) is 0 Å². The average Bonchev–Trinajstić information content (AvgIpc) is 2.12. The zero-order chi connectivity index (χ0) is 8.55. The van der Waals surface area contributed by atoms with Crippen molar-refractivity contribution in [1.29, 1.82) is 0 Å². The SMILES string of the molecule is Fc1ccc2cccnc2c1Br. The molecule has 60 valence electrons. The van der Waals surface area contributed by atoms with Crippen LogP contribution in [0.15, 0.2) is 34.9 Å². The first kappa shape index (κ1) is 7.68. The van der Waals surface area contributed by atoms with Crippen LogP contribution in [0, 0.1) is 5.82 Å². The van der Waals surface area contributed by atoms with Gasteiger partial charge in [-0.25, -0.2) is 4.39 Å². The molecule has 0 saturated heterocycles. The number of fused-ring (bicyclic) bond motifs is 1. The molecule has 0 aliphatic rings. The zero-order valence-corrected chi connectivity index (χ0v) is 7.68. The molecule has 0 unspecified atom stereocenters. The molecule has 0 fully saturated rings. The van der Waals surface area contributed by atoms with Crippen molar-refractivity contribution in [3.05, 3.63) is 40.8 Å². The fourth-order valence-corrected chi connectivity index (χ4v) is 1.55. The Balaban J connectivity index is 2.91. The molecule has 12 heavy (non-hydrogen) atoms. The highest BCUT2D eigenvalue weighted by molar-refractivity contribution is 9.10. The Hall–Kier alpha value is -0.960.